The molecule has 0 atom stereocenters. The molecule has 0 saturated carbocycles. The van der Waals surface area contributed by atoms with Crippen molar-refractivity contribution >= 4 is 6.09 Å². The molecule has 1 amide bonds. The van der Waals surface area contributed by atoms with Crippen molar-refractivity contribution in [3.8, 4) is 0 Å². The van der Waals surface area contributed by atoms with E-state index >= 15 is 0 Å². The Hall–Kier alpha value is -0.990. The fraction of sp³-hybridized carbons (Fsp3) is 0.727. The molecule has 1 heterocycles. The van der Waals surface area contributed by atoms with E-state index in [0.29, 0.717) is 13.2 Å². The molecule has 80 valence electrons. The molecule has 1 rings (SSSR count). The molecule has 3 heteroatoms. The van der Waals surface area contributed by atoms with Gasteiger partial charge in [-0.1, -0.05) is 25.0 Å². The Kier molecular flexibility index (Phi) is 4.50. The van der Waals surface area contributed by atoms with Crippen LogP contribution in [0.15, 0.2) is 11.6 Å². The van der Waals surface area contributed by atoms with Gasteiger partial charge in [0.25, 0.3) is 0 Å². The molecule has 0 spiro atoms. The number of rotatable bonds is 3. The normalized spacial score (nSPS) is 16.4. The van der Waals surface area contributed by atoms with Crippen molar-refractivity contribution in [1.82, 2.24) is 4.90 Å². The van der Waals surface area contributed by atoms with Gasteiger partial charge in [0.1, 0.15) is 0 Å². The number of carbonyl (C=O) groups excluding carboxylic acids is 1. The number of carbonyl (C=O) groups is 1. The van der Waals surface area contributed by atoms with Crippen LogP contribution in [0, 0.1) is 0 Å². The van der Waals surface area contributed by atoms with Crippen molar-refractivity contribution in [2.75, 3.05) is 19.7 Å². The first-order chi connectivity index (χ1) is 6.74. The van der Waals surface area contributed by atoms with Gasteiger partial charge in [-0.25, -0.2) is 4.79 Å². The molecule has 0 radical (unpaired) electrons. The number of amides is 1. The van der Waals surface area contributed by atoms with Crippen molar-refractivity contribution in [3.05, 3.63) is 11.6 Å². The van der Waals surface area contributed by atoms with Crippen LogP contribution >= 0.6 is 0 Å². The van der Waals surface area contributed by atoms with Gasteiger partial charge in [0.15, 0.2) is 0 Å². The van der Waals surface area contributed by atoms with E-state index in [-0.39, 0.29) is 6.09 Å². The molecule has 0 saturated heterocycles. The van der Waals surface area contributed by atoms with Crippen LogP contribution in [0.2, 0.25) is 0 Å². The first-order valence-corrected chi connectivity index (χ1v) is 5.31. The van der Waals surface area contributed by atoms with E-state index in [1.54, 1.807) is 4.90 Å². The zero-order chi connectivity index (χ0) is 10.4. The molecule has 0 N–H and O–H groups in total. The van der Waals surface area contributed by atoms with Crippen molar-refractivity contribution in [2.24, 2.45) is 0 Å². The second-order valence-electron chi connectivity index (χ2n) is 3.71. The maximum absolute atomic E-state index is 11.5. The van der Waals surface area contributed by atoms with Crippen LogP contribution in [0.5, 0.6) is 0 Å². The molecule has 0 aliphatic carbocycles. The lowest BCUT2D eigenvalue weighted by Crippen LogP contribution is -2.35. The van der Waals surface area contributed by atoms with Gasteiger partial charge in [-0.2, -0.15) is 0 Å². The highest BCUT2D eigenvalue weighted by molar-refractivity contribution is 5.68. The van der Waals surface area contributed by atoms with Crippen molar-refractivity contribution < 1.29 is 9.53 Å². The van der Waals surface area contributed by atoms with E-state index in [4.69, 9.17) is 4.74 Å². The number of nitrogens with zero attached hydrogens (tertiary/aromatic N) is 1. The summed E-state index contributed by atoms with van der Waals surface area (Å²) in [5.74, 6) is 0. The summed E-state index contributed by atoms with van der Waals surface area (Å²) in [6.45, 7) is 6.24. The summed E-state index contributed by atoms with van der Waals surface area (Å²) < 4.78 is 5.11. The molecule has 14 heavy (non-hydrogen) atoms. The zero-order valence-corrected chi connectivity index (χ0v) is 9.08. The number of hydrogen-bond donors (Lipinski definition) is 0. The van der Waals surface area contributed by atoms with E-state index in [1.165, 1.54) is 5.57 Å². The van der Waals surface area contributed by atoms with Gasteiger partial charge in [-0.15, -0.1) is 0 Å². The van der Waals surface area contributed by atoms with Gasteiger partial charge >= 0.3 is 6.09 Å². The van der Waals surface area contributed by atoms with Gasteiger partial charge in [0.05, 0.1) is 6.61 Å². The minimum absolute atomic E-state index is 0.165. The monoisotopic (exact) mass is 197 g/mol. The summed E-state index contributed by atoms with van der Waals surface area (Å²) in [5.41, 5.74) is 1.36. The zero-order valence-electron chi connectivity index (χ0n) is 9.08. The Morgan fingerprint density at radius 3 is 3.00 bits per heavy atom. The summed E-state index contributed by atoms with van der Waals surface area (Å²) in [6.07, 6.45) is 4.91. The number of unbranched alkanes of at least 4 members (excludes halogenated alkanes) is 1. The largest absolute Gasteiger partial charge is 0.449 e. The van der Waals surface area contributed by atoms with Gasteiger partial charge in [-0.3, -0.25) is 0 Å². The molecule has 0 aromatic heterocycles. The Labute approximate surface area is 85.7 Å². The standard InChI is InChI=1S/C11H19NO2/c1-3-4-9-14-11(13)12-7-5-10(2)6-8-12/h5H,3-4,6-9H2,1-2H3. The van der Waals surface area contributed by atoms with Crippen LogP contribution in [0.4, 0.5) is 4.79 Å². The lowest BCUT2D eigenvalue weighted by Gasteiger charge is -2.24. The highest BCUT2D eigenvalue weighted by atomic mass is 16.6. The first kappa shape index (κ1) is 11.1. The molecule has 1 aliphatic rings. The molecule has 0 bridgehead atoms. The lowest BCUT2D eigenvalue weighted by atomic mass is 10.1. The maximum Gasteiger partial charge on any atom is 0.410 e. The van der Waals surface area contributed by atoms with Gasteiger partial charge in [0.2, 0.25) is 0 Å². The molecule has 3 nitrogen and oxygen atoms in total. The summed E-state index contributed by atoms with van der Waals surface area (Å²) in [6, 6.07) is 0. The fourth-order valence-corrected chi connectivity index (χ4v) is 1.33. The first-order valence-electron chi connectivity index (χ1n) is 5.31. The molecular weight excluding hydrogens is 178 g/mol. The quantitative estimate of drug-likeness (QED) is 0.514. The Morgan fingerprint density at radius 1 is 1.64 bits per heavy atom. The lowest BCUT2D eigenvalue weighted by molar-refractivity contribution is 0.104. The highest BCUT2D eigenvalue weighted by Crippen LogP contribution is 2.10. The Balaban J connectivity index is 2.25. The third-order valence-corrected chi connectivity index (χ3v) is 2.42. The molecular formula is C11H19NO2. The van der Waals surface area contributed by atoms with Crippen LogP contribution in [-0.2, 0) is 4.74 Å². The number of hydrogen-bond acceptors (Lipinski definition) is 2. The molecule has 0 aromatic carbocycles. The van der Waals surface area contributed by atoms with E-state index in [9.17, 15) is 4.79 Å². The van der Waals surface area contributed by atoms with Gasteiger partial charge in [0, 0.05) is 13.1 Å². The van der Waals surface area contributed by atoms with E-state index in [0.717, 1.165) is 25.8 Å². The third kappa shape index (κ3) is 3.40. The SMILES string of the molecule is CCCCOC(=O)N1CC=C(C)CC1. The summed E-state index contributed by atoms with van der Waals surface area (Å²) in [5, 5.41) is 0. The van der Waals surface area contributed by atoms with Crippen molar-refractivity contribution in [1.29, 1.82) is 0 Å². The topological polar surface area (TPSA) is 29.5 Å². The average molecular weight is 197 g/mol. The summed E-state index contributed by atoms with van der Waals surface area (Å²) >= 11 is 0. The van der Waals surface area contributed by atoms with E-state index in [2.05, 4.69) is 19.9 Å². The summed E-state index contributed by atoms with van der Waals surface area (Å²) in [4.78, 5) is 13.2. The minimum Gasteiger partial charge on any atom is -0.449 e. The Morgan fingerprint density at radius 2 is 2.43 bits per heavy atom. The van der Waals surface area contributed by atoms with Crippen molar-refractivity contribution in [3.63, 3.8) is 0 Å². The third-order valence-electron chi connectivity index (χ3n) is 2.42. The second-order valence-corrected chi connectivity index (χ2v) is 3.71. The van der Waals surface area contributed by atoms with Crippen LogP contribution in [-0.4, -0.2) is 30.7 Å². The van der Waals surface area contributed by atoms with Crippen molar-refractivity contribution in [2.45, 2.75) is 33.1 Å². The fourth-order valence-electron chi connectivity index (χ4n) is 1.33. The molecule has 0 aromatic rings. The van der Waals surface area contributed by atoms with Crippen LogP contribution < -0.4 is 0 Å². The smallest absolute Gasteiger partial charge is 0.410 e. The van der Waals surface area contributed by atoms with E-state index in [1.807, 2.05) is 0 Å². The van der Waals surface area contributed by atoms with Gasteiger partial charge in [-0.05, 0) is 19.8 Å². The predicted octanol–water partition coefficient (Wildman–Crippen LogP) is 2.58. The van der Waals surface area contributed by atoms with Crippen LogP contribution in [0.25, 0.3) is 0 Å². The summed E-state index contributed by atoms with van der Waals surface area (Å²) in [7, 11) is 0. The number of ether oxygens (including phenoxy) is 1. The highest BCUT2D eigenvalue weighted by Gasteiger charge is 2.16. The second kappa shape index (κ2) is 5.68. The van der Waals surface area contributed by atoms with Crippen LogP contribution in [0.1, 0.15) is 33.1 Å². The minimum atomic E-state index is -0.165. The van der Waals surface area contributed by atoms with Crippen LogP contribution in [0.3, 0.4) is 0 Å². The predicted molar refractivity (Wildman–Crippen MR) is 56.2 cm³/mol. The molecule has 0 fully saturated rings. The molecule has 0 unspecified atom stereocenters. The average Bonchev–Trinajstić information content (AvgIpc) is 2.19. The van der Waals surface area contributed by atoms with Gasteiger partial charge < -0.3 is 9.64 Å². The Bertz CT molecular complexity index is 223. The molecule has 1 aliphatic heterocycles. The maximum atomic E-state index is 11.5. The van der Waals surface area contributed by atoms with E-state index < -0.39 is 0 Å².